The second-order valence-corrected chi connectivity index (χ2v) is 6.80. The van der Waals surface area contributed by atoms with Gasteiger partial charge in [0, 0.05) is 45.1 Å². The molecule has 1 saturated heterocycles. The third-order valence-electron chi connectivity index (χ3n) is 4.98. The molecule has 1 fully saturated rings. The largest absolute Gasteiger partial charge is 0.382 e. The van der Waals surface area contributed by atoms with E-state index in [1.165, 1.54) is 0 Å². The van der Waals surface area contributed by atoms with E-state index in [0.29, 0.717) is 31.6 Å². The summed E-state index contributed by atoms with van der Waals surface area (Å²) < 4.78 is 16.2. The van der Waals surface area contributed by atoms with Crippen LogP contribution in [0.2, 0.25) is 0 Å². The first-order valence-electron chi connectivity index (χ1n) is 9.69. The van der Waals surface area contributed by atoms with Crippen LogP contribution in [0.1, 0.15) is 50.5 Å². The number of hydrogen-bond acceptors (Lipinski definition) is 5. The highest BCUT2D eigenvalue weighted by Gasteiger charge is 2.25. The van der Waals surface area contributed by atoms with Crippen molar-refractivity contribution in [2.75, 3.05) is 47.1 Å². The number of rotatable bonds is 10. The van der Waals surface area contributed by atoms with Crippen molar-refractivity contribution in [1.82, 2.24) is 15.4 Å². The molecule has 156 valence electrons. The van der Waals surface area contributed by atoms with Gasteiger partial charge in [-0.15, -0.1) is 24.0 Å². The Balaban J connectivity index is 0.00000364. The third-order valence-corrected chi connectivity index (χ3v) is 4.98. The maximum atomic E-state index is 5.66. The number of methoxy groups -OCH3 is 1. The van der Waals surface area contributed by atoms with Gasteiger partial charge in [-0.3, -0.25) is 4.99 Å². The summed E-state index contributed by atoms with van der Waals surface area (Å²) in [6.07, 6.45) is 3.28. The number of aliphatic imine (C=N–C) groups is 1. The second kappa shape index (κ2) is 13.3. The Labute approximate surface area is 180 Å². The molecule has 0 amide bonds. The summed E-state index contributed by atoms with van der Waals surface area (Å²) in [6, 6.07) is 2.06. The fourth-order valence-corrected chi connectivity index (χ4v) is 3.36. The molecule has 0 aromatic carbocycles. The summed E-state index contributed by atoms with van der Waals surface area (Å²) in [7, 11) is 3.51. The topological polar surface area (TPSA) is 72.1 Å². The van der Waals surface area contributed by atoms with Crippen LogP contribution in [0.4, 0.5) is 0 Å². The second-order valence-electron chi connectivity index (χ2n) is 6.80. The zero-order valence-electron chi connectivity index (χ0n) is 17.1. The minimum atomic E-state index is 0. The van der Waals surface area contributed by atoms with E-state index in [4.69, 9.17) is 14.0 Å². The van der Waals surface area contributed by atoms with Crippen LogP contribution in [0, 0.1) is 5.92 Å². The van der Waals surface area contributed by atoms with Gasteiger partial charge >= 0.3 is 0 Å². The molecule has 0 spiro atoms. The molecule has 7 nitrogen and oxygen atoms in total. The highest BCUT2D eigenvalue weighted by atomic mass is 127. The lowest BCUT2D eigenvalue weighted by Crippen LogP contribution is -2.39. The average Bonchev–Trinajstić information content (AvgIpc) is 3.31. The summed E-state index contributed by atoms with van der Waals surface area (Å²) in [5.41, 5.74) is 1.05. The van der Waals surface area contributed by atoms with Gasteiger partial charge in [-0.2, -0.15) is 0 Å². The van der Waals surface area contributed by atoms with Crippen molar-refractivity contribution in [3.63, 3.8) is 0 Å². The Hall–Kier alpha value is -0.870. The number of aromatic nitrogens is 1. The normalized spacial score (nSPS) is 17.4. The Morgan fingerprint density at radius 1 is 1.41 bits per heavy atom. The lowest BCUT2D eigenvalue weighted by Gasteiger charge is -2.21. The molecule has 0 saturated carbocycles. The van der Waals surface area contributed by atoms with Gasteiger partial charge in [-0.1, -0.05) is 19.0 Å². The van der Waals surface area contributed by atoms with Crippen LogP contribution >= 0.6 is 24.0 Å². The number of ether oxygens (including phenoxy) is 2. The molecule has 1 unspecified atom stereocenters. The lowest BCUT2D eigenvalue weighted by atomic mass is 9.99. The molecule has 1 N–H and O–H groups in total. The van der Waals surface area contributed by atoms with Gasteiger partial charge in [0.25, 0.3) is 0 Å². The van der Waals surface area contributed by atoms with Crippen molar-refractivity contribution < 1.29 is 14.0 Å². The van der Waals surface area contributed by atoms with E-state index in [9.17, 15) is 0 Å². The number of likely N-dealkylation sites (tertiary alicyclic amines) is 1. The lowest BCUT2D eigenvalue weighted by molar-refractivity contribution is 0.0536. The number of halogens is 1. The summed E-state index contributed by atoms with van der Waals surface area (Å²) in [5.74, 6) is 2.78. The monoisotopic (exact) mass is 494 g/mol. The van der Waals surface area contributed by atoms with Gasteiger partial charge in [-0.25, -0.2) is 0 Å². The molecule has 0 radical (unpaired) electrons. The van der Waals surface area contributed by atoms with Gasteiger partial charge in [0.1, 0.15) is 0 Å². The number of nitrogens with zero attached hydrogens (tertiary/aromatic N) is 3. The zero-order valence-corrected chi connectivity index (χ0v) is 19.4. The van der Waals surface area contributed by atoms with Crippen molar-refractivity contribution in [3.8, 4) is 0 Å². The smallest absolute Gasteiger partial charge is 0.194 e. The molecule has 1 aliphatic rings. The first-order valence-corrected chi connectivity index (χ1v) is 9.69. The van der Waals surface area contributed by atoms with Crippen molar-refractivity contribution in [3.05, 3.63) is 17.5 Å². The van der Waals surface area contributed by atoms with E-state index in [-0.39, 0.29) is 24.0 Å². The Bertz CT molecular complexity index is 549. The van der Waals surface area contributed by atoms with E-state index < -0.39 is 0 Å². The molecule has 27 heavy (non-hydrogen) atoms. The fraction of sp³-hybridized carbons (Fsp3) is 0.789. The summed E-state index contributed by atoms with van der Waals surface area (Å²) in [4.78, 5) is 6.69. The minimum Gasteiger partial charge on any atom is -0.382 e. The maximum Gasteiger partial charge on any atom is 0.194 e. The molecule has 8 heteroatoms. The average molecular weight is 494 g/mol. The molecule has 1 atom stereocenters. The van der Waals surface area contributed by atoms with Crippen molar-refractivity contribution in [2.45, 2.75) is 45.6 Å². The number of nitrogens with one attached hydrogen (secondary N) is 1. The van der Waals surface area contributed by atoms with Crippen molar-refractivity contribution in [1.29, 1.82) is 0 Å². The van der Waals surface area contributed by atoms with E-state index in [1.54, 1.807) is 7.11 Å². The fourth-order valence-electron chi connectivity index (χ4n) is 3.36. The van der Waals surface area contributed by atoms with Crippen LogP contribution in [-0.2, 0) is 16.0 Å². The zero-order chi connectivity index (χ0) is 18.8. The van der Waals surface area contributed by atoms with Gasteiger partial charge in [0.05, 0.1) is 32.1 Å². The quantitative estimate of drug-likeness (QED) is 0.233. The molecular weight excluding hydrogens is 459 g/mol. The van der Waals surface area contributed by atoms with E-state index >= 15 is 0 Å². The summed E-state index contributed by atoms with van der Waals surface area (Å²) in [5, 5.41) is 7.62. The Morgan fingerprint density at radius 3 is 2.85 bits per heavy atom. The van der Waals surface area contributed by atoms with Crippen LogP contribution in [-0.4, -0.2) is 63.1 Å². The molecule has 1 aromatic rings. The highest BCUT2D eigenvalue weighted by Crippen LogP contribution is 2.22. The van der Waals surface area contributed by atoms with E-state index in [1.807, 2.05) is 7.05 Å². The minimum absolute atomic E-state index is 0. The molecular formula is C19H35IN4O3. The predicted molar refractivity (Wildman–Crippen MR) is 118 cm³/mol. The predicted octanol–water partition coefficient (Wildman–Crippen LogP) is 3.26. The van der Waals surface area contributed by atoms with Crippen molar-refractivity contribution in [2.24, 2.45) is 10.9 Å². The molecule has 2 rings (SSSR count). The van der Waals surface area contributed by atoms with E-state index in [2.05, 4.69) is 40.3 Å². The molecule has 0 aliphatic carbocycles. The van der Waals surface area contributed by atoms with Gasteiger partial charge in [0.2, 0.25) is 0 Å². The number of guanidine groups is 1. The van der Waals surface area contributed by atoms with Gasteiger partial charge in [0.15, 0.2) is 11.7 Å². The SMILES string of the molecule is CCC(CC)c1cc(CNC(=NC)N2CCC(COCCOC)C2)on1.I. The standard InChI is InChI=1S/C19H34N4O3.HI/c1-5-16(6-2)18-11-17(26-22-18)12-21-19(20-3)23-8-7-15(13-23)14-25-10-9-24-4;/h11,15-16H,5-10,12-14H2,1-4H3,(H,20,21);1H. The molecule has 0 bridgehead atoms. The Morgan fingerprint density at radius 2 is 2.19 bits per heavy atom. The molecule has 1 aliphatic heterocycles. The van der Waals surface area contributed by atoms with Gasteiger partial charge in [-0.05, 0) is 19.3 Å². The van der Waals surface area contributed by atoms with Crippen LogP contribution in [0.3, 0.4) is 0 Å². The van der Waals surface area contributed by atoms with Crippen LogP contribution in [0.5, 0.6) is 0 Å². The molecule has 2 heterocycles. The summed E-state index contributed by atoms with van der Waals surface area (Å²) >= 11 is 0. The first-order chi connectivity index (χ1) is 12.7. The molecule has 1 aromatic heterocycles. The van der Waals surface area contributed by atoms with Crippen LogP contribution in [0.15, 0.2) is 15.6 Å². The van der Waals surface area contributed by atoms with E-state index in [0.717, 1.165) is 56.4 Å². The highest BCUT2D eigenvalue weighted by molar-refractivity contribution is 14.0. The van der Waals surface area contributed by atoms with Gasteiger partial charge < -0.3 is 24.2 Å². The van der Waals surface area contributed by atoms with Crippen LogP contribution < -0.4 is 5.32 Å². The third kappa shape index (κ3) is 7.57. The maximum absolute atomic E-state index is 5.66. The number of hydrogen-bond donors (Lipinski definition) is 1. The summed E-state index contributed by atoms with van der Waals surface area (Å²) in [6.45, 7) is 9.01. The Kier molecular flexibility index (Phi) is 11.9. The first kappa shape index (κ1) is 24.2. The van der Waals surface area contributed by atoms with Crippen molar-refractivity contribution >= 4 is 29.9 Å². The van der Waals surface area contributed by atoms with Crippen LogP contribution in [0.25, 0.3) is 0 Å².